The maximum absolute atomic E-state index is 13.1. The summed E-state index contributed by atoms with van der Waals surface area (Å²) in [6.45, 7) is 4.44. The highest BCUT2D eigenvalue weighted by molar-refractivity contribution is 5.58. The van der Waals surface area contributed by atoms with Gasteiger partial charge in [-0.25, -0.2) is 4.39 Å². The highest BCUT2D eigenvalue weighted by atomic mass is 19.1. The van der Waals surface area contributed by atoms with Crippen molar-refractivity contribution < 1.29 is 13.8 Å². The first kappa shape index (κ1) is 18.7. The first-order valence-corrected chi connectivity index (χ1v) is 8.50. The lowest BCUT2D eigenvalue weighted by Crippen LogP contribution is -2.25. The largest absolute Gasteiger partial charge is 0.338 e. The van der Waals surface area contributed by atoms with Crippen LogP contribution in [0.1, 0.15) is 31.3 Å². The summed E-state index contributed by atoms with van der Waals surface area (Å²) in [5, 5.41) is 18.1. The van der Waals surface area contributed by atoms with Gasteiger partial charge >= 0.3 is 0 Å². The number of hydrogen-bond donors (Lipinski definition) is 1. The standard InChI is InChI=1S/C19H19FN4O3/c1-12(2)18(13-6-8-15(20)9-7-13)21-11-17-22-19(23-27-17)14-4-3-5-16(10-14)24(25)26/h3-10,12,18,21H,11H2,1-2H3. The third kappa shape index (κ3) is 4.53. The second-order valence-corrected chi connectivity index (χ2v) is 6.47. The predicted molar refractivity (Wildman–Crippen MR) is 97.2 cm³/mol. The molecular weight excluding hydrogens is 351 g/mol. The topological polar surface area (TPSA) is 94.1 Å². The number of hydrogen-bond acceptors (Lipinski definition) is 6. The lowest BCUT2D eigenvalue weighted by molar-refractivity contribution is -0.384. The quantitative estimate of drug-likeness (QED) is 0.493. The Morgan fingerprint density at radius 2 is 1.96 bits per heavy atom. The lowest BCUT2D eigenvalue weighted by atomic mass is 9.96. The molecule has 0 saturated carbocycles. The van der Waals surface area contributed by atoms with Crippen LogP contribution in [0.5, 0.6) is 0 Å². The number of aromatic nitrogens is 2. The van der Waals surface area contributed by atoms with Crippen LogP contribution in [0.25, 0.3) is 11.4 Å². The van der Waals surface area contributed by atoms with E-state index in [0.29, 0.717) is 23.8 Å². The van der Waals surface area contributed by atoms with E-state index < -0.39 is 4.92 Å². The van der Waals surface area contributed by atoms with Crippen LogP contribution < -0.4 is 5.32 Å². The molecule has 3 rings (SSSR count). The second-order valence-electron chi connectivity index (χ2n) is 6.47. The van der Waals surface area contributed by atoms with Gasteiger partial charge in [-0.15, -0.1) is 0 Å². The molecule has 8 heteroatoms. The summed E-state index contributed by atoms with van der Waals surface area (Å²) < 4.78 is 18.4. The molecule has 3 aromatic rings. The summed E-state index contributed by atoms with van der Waals surface area (Å²) in [6, 6.07) is 12.4. The highest BCUT2D eigenvalue weighted by Crippen LogP contribution is 2.24. The van der Waals surface area contributed by atoms with E-state index in [0.717, 1.165) is 5.56 Å². The maximum Gasteiger partial charge on any atom is 0.270 e. The first-order valence-electron chi connectivity index (χ1n) is 8.50. The average Bonchev–Trinajstić information content (AvgIpc) is 3.12. The molecule has 0 saturated heterocycles. The number of nitro groups is 1. The van der Waals surface area contributed by atoms with E-state index in [4.69, 9.17) is 4.52 Å². The number of halogens is 1. The Hall–Kier alpha value is -3.13. The van der Waals surface area contributed by atoms with E-state index in [1.54, 1.807) is 24.3 Å². The highest BCUT2D eigenvalue weighted by Gasteiger charge is 2.18. The molecule has 2 aromatic carbocycles. The third-order valence-corrected chi connectivity index (χ3v) is 4.15. The fourth-order valence-corrected chi connectivity index (χ4v) is 2.81. The Bertz CT molecular complexity index is 925. The van der Waals surface area contributed by atoms with Crippen molar-refractivity contribution in [1.29, 1.82) is 0 Å². The average molecular weight is 370 g/mol. The van der Waals surface area contributed by atoms with Gasteiger partial charge in [0, 0.05) is 23.7 Å². The van der Waals surface area contributed by atoms with E-state index in [1.807, 2.05) is 0 Å². The van der Waals surface area contributed by atoms with Crippen molar-refractivity contribution in [3.8, 4) is 11.4 Å². The zero-order valence-electron chi connectivity index (χ0n) is 14.9. The number of non-ortho nitro benzene ring substituents is 1. The zero-order valence-corrected chi connectivity index (χ0v) is 14.9. The molecule has 0 aliphatic carbocycles. The molecule has 0 aliphatic heterocycles. The summed E-state index contributed by atoms with van der Waals surface area (Å²) in [5.41, 5.74) is 1.44. The monoisotopic (exact) mass is 370 g/mol. The molecule has 0 amide bonds. The van der Waals surface area contributed by atoms with Crippen LogP contribution >= 0.6 is 0 Å². The number of nitrogens with zero attached hydrogens (tertiary/aromatic N) is 3. The van der Waals surface area contributed by atoms with Crippen LogP contribution in [0.3, 0.4) is 0 Å². The Kier molecular flexibility index (Phi) is 5.56. The van der Waals surface area contributed by atoms with Crippen LogP contribution in [0.2, 0.25) is 0 Å². The molecular formula is C19H19FN4O3. The molecule has 0 fully saturated rings. The van der Waals surface area contributed by atoms with Crippen LogP contribution in [-0.4, -0.2) is 15.1 Å². The molecule has 1 aromatic heterocycles. The van der Waals surface area contributed by atoms with E-state index in [1.165, 1.54) is 24.3 Å². The Morgan fingerprint density at radius 3 is 2.63 bits per heavy atom. The van der Waals surface area contributed by atoms with Gasteiger partial charge in [-0.3, -0.25) is 10.1 Å². The molecule has 1 atom stereocenters. The van der Waals surface area contributed by atoms with Crippen molar-refractivity contribution >= 4 is 5.69 Å². The van der Waals surface area contributed by atoms with Crippen LogP contribution in [-0.2, 0) is 6.54 Å². The smallest absolute Gasteiger partial charge is 0.270 e. The van der Waals surface area contributed by atoms with Gasteiger partial charge in [0.25, 0.3) is 5.69 Å². The van der Waals surface area contributed by atoms with Gasteiger partial charge < -0.3 is 9.84 Å². The summed E-state index contributed by atoms with van der Waals surface area (Å²) >= 11 is 0. The van der Waals surface area contributed by atoms with E-state index in [2.05, 4.69) is 29.3 Å². The van der Waals surface area contributed by atoms with Crippen molar-refractivity contribution in [1.82, 2.24) is 15.5 Å². The van der Waals surface area contributed by atoms with Crippen LogP contribution in [0, 0.1) is 21.8 Å². The van der Waals surface area contributed by atoms with Gasteiger partial charge in [-0.05, 0) is 23.6 Å². The normalized spacial score (nSPS) is 12.3. The Balaban J connectivity index is 1.72. The van der Waals surface area contributed by atoms with Crippen molar-refractivity contribution in [2.75, 3.05) is 0 Å². The van der Waals surface area contributed by atoms with Crippen LogP contribution in [0.15, 0.2) is 53.1 Å². The molecule has 1 unspecified atom stereocenters. The first-order chi connectivity index (χ1) is 12.9. The van der Waals surface area contributed by atoms with E-state index in [-0.39, 0.29) is 23.5 Å². The fraction of sp³-hybridized carbons (Fsp3) is 0.263. The Labute approximate surface area is 155 Å². The van der Waals surface area contributed by atoms with Crippen molar-refractivity contribution in [3.05, 3.63) is 75.9 Å². The van der Waals surface area contributed by atoms with E-state index >= 15 is 0 Å². The number of benzene rings is 2. The molecule has 1 N–H and O–H groups in total. The second kappa shape index (κ2) is 8.05. The molecule has 140 valence electrons. The van der Waals surface area contributed by atoms with Crippen molar-refractivity contribution in [2.45, 2.75) is 26.4 Å². The van der Waals surface area contributed by atoms with Gasteiger partial charge in [-0.1, -0.05) is 43.3 Å². The minimum Gasteiger partial charge on any atom is -0.338 e. The SMILES string of the molecule is CC(C)C(NCc1nc(-c2cccc([N+](=O)[O-])c2)no1)c1ccc(F)cc1. The summed E-state index contributed by atoms with van der Waals surface area (Å²) in [7, 11) is 0. The van der Waals surface area contributed by atoms with Gasteiger partial charge in [0.15, 0.2) is 0 Å². The predicted octanol–water partition coefficient (Wildman–Crippen LogP) is 4.27. The minimum atomic E-state index is -0.470. The fourth-order valence-electron chi connectivity index (χ4n) is 2.81. The molecule has 1 heterocycles. The summed E-state index contributed by atoms with van der Waals surface area (Å²) in [5.74, 6) is 0.636. The lowest BCUT2D eigenvalue weighted by Gasteiger charge is -2.22. The third-order valence-electron chi connectivity index (χ3n) is 4.15. The van der Waals surface area contributed by atoms with Crippen molar-refractivity contribution in [3.63, 3.8) is 0 Å². The summed E-state index contributed by atoms with van der Waals surface area (Å²) in [4.78, 5) is 14.7. The molecule has 27 heavy (non-hydrogen) atoms. The maximum atomic E-state index is 13.1. The summed E-state index contributed by atoms with van der Waals surface area (Å²) in [6.07, 6.45) is 0. The molecule has 0 spiro atoms. The molecule has 0 radical (unpaired) electrons. The van der Waals surface area contributed by atoms with E-state index in [9.17, 15) is 14.5 Å². The molecule has 7 nitrogen and oxygen atoms in total. The number of nitro benzene ring substituents is 1. The molecule has 0 bridgehead atoms. The number of nitrogens with one attached hydrogen (secondary N) is 1. The van der Waals surface area contributed by atoms with Gasteiger partial charge in [-0.2, -0.15) is 4.98 Å². The molecule has 0 aliphatic rings. The Morgan fingerprint density at radius 1 is 1.22 bits per heavy atom. The number of rotatable bonds is 7. The minimum absolute atomic E-state index is 0.0150. The van der Waals surface area contributed by atoms with Gasteiger partial charge in [0.05, 0.1) is 11.5 Å². The van der Waals surface area contributed by atoms with Gasteiger partial charge in [0.1, 0.15) is 5.82 Å². The van der Waals surface area contributed by atoms with Crippen molar-refractivity contribution in [2.24, 2.45) is 5.92 Å². The van der Waals surface area contributed by atoms with Crippen LogP contribution in [0.4, 0.5) is 10.1 Å². The zero-order chi connectivity index (χ0) is 19.4. The van der Waals surface area contributed by atoms with Gasteiger partial charge in [0.2, 0.25) is 11.7 Å².